The largest absolute Gasteiger partial charge is 0.394 e. The van der Waals surface area contributed by atoms with E-state index >= 15 is 0 Å². The molecule has 0 unspecified atom stereocenters. The molecule has 4 aliphatic heterocycles. The molecule has 0 bridgehead atoms. The Morgan fingerprint density at radius 3 is 1.28 bits per heavy atom. The quantitative estimate of drug-likeness (QED) is 0.0298. The van der Waals surface area contributed by atoms with Gasteiger partial charge in [0.25, 0.3) is 11.8 Å². The molecule has 384 valence electrons. The van der Waals surface area contributed by atoms with E-state index < -0.39 is 186 Å². The van der Waals surface area contributed by atoms with Crippen molar-refractivity contribution < 1.29 is 123 Å². The molecule has 0 aromatic rings. The Morgan fingerprint density at radius 2 is 0.925 bits per heavy atom. The molecule has 4 rings (SSSR count). The molecule has 67 heavy (non-hydrogen) atoms. The monoisotopic (exact) mass is 975 g/mol. The van der Waals surface area contributed by atoms with E-state index in [1.807, 2.05) is 0 Å². The lowest BCUT2D eigenvalue weighted by molar-refractivity contribution is -0.300. The Morgan fingerprint density at radius 1 is 0.567 bits per heavy atom. The predicted octanol–water partition coefficient (Wildman–Crippen LogP) is -11.2. The number of hydroxylamine groups is 2. The Bertz CT molecular complexity index is 1560. The Labute approximate surface area is 380 Å². The van der Waals surface area contributed by atoms with Crippen LogP contribution in [0.4, 0.5) is 0 Å². The highest BCUT2D eigenvalue weighted by molar-refractivity contribution is 6.01. The molecule has 4 aliphatic rings. The van der Waals surface area contributed by atoms with Crippen LogP contribution in [-0.2, 0) is 62.0 Å². The lowest BCUT2D eigenvalue weighted by Crippen LogP contribution is -2.59. The van der Waals surface area contributed by atoms with Crippen molar-refractivity contribution in [2.24, 2.45) is 0 Å². The summed E-state index contributed by atoms with van der Waals surface area (Å²) < 4.78 is 32.0. The van der Waals surface area contributed by atoms with Gasteiger partial charge in [-0.25, -0.2) is 4.79 Å². The summed E-state index contributed by atoms with van der Waals surface area (Å²) in [5.41, 5.74) is 0. The molecule has 5 amide bonds. The minimum atomic E-state index is -1.78. The average Bonchev–Trinajstić information content (AvgIpc) is 3.62. The molecule has 0 spiro atoms. The minimum Gasteiger partial charge on any atom is -0.394 e. The first kappa shape index (κ1) is 55.9. The van der Waals surface area contributed by atoms with Gasteiger partial charge in [-0.05, 0) is 6.42 Å². The second-order valence-corrected chi connectivity index (χ2v) is 15.7. The lowest BCUT2D eigenvalue weighted by Gasteiger charge is -2.39. The maximum Gasteiger partial charge on any atom is 0.333 e. The van der Waals surface area contributed by atoms with Gasteiger partial charge in [0.15, 0.2) is 18.9 Å². The number of ether oxygens (including phenoxy) is 6. The van der Waals surface area contributed by atoms with Gasteiger partial charge < -0.3 is 110 Å². The fraction of sp³-hybridized carbons (Fsp3) is 0.838. The first-order chi connectivity index (χ1) is 31.8. The Kier molecular flexibility index (Phi) is 22.4. The van der Waals surface area contributed by atoms with Crippen molar-refractivity contribution in [3.8, 4) is 0 Å². The van der Waals surface area contributed by atoms with E-state index in [1.54, 1.807) is 0 Å². The van der Waals surface area contributed by atoms with Crippen molar-refractivity contribution in [2.75, 3.05) is 72.4 Å². The molecule has 0 radical (unpaired) electrons. The summed E-state index contributed by atoms with van der Waals surface area (Å²) in [6, 6.07) is -1.59. The molecule has 4 saturated heterocycles. The average molecular weight is 976 g/mol. The van der Waals surface area contributed by atoms with Crippen LogP contribution in [0.3, 0.4) is 0 Å². The maximum atomic E-state index is 13.9. The third-order valence-electron chi connectivity index (χ3n) is 10.9. The van der Waals surface area contributed by atoms with E-state index in [9.17, 15) is 90.0 Å². The smallest absolute Gasteiger partial charge is 0.333 e. The molecular weight excluding hydrogens is 914 g/mol. The zero-order chi connectivity index (χ0) is 49.5. The van der Waals surface area contributed by atoms with Gasteiger partial charge in [-0.15, -0.1) is 5.06 Å². The Hall–Kier alpha value is -3.74. The number of rotatable bonds is 25. The second-order valence-electron chi connectivity index (χ2n) is 15.7. The second kappa shape index (κ2) is 26.9. The molecule has 0 saturated carbocycles. The number of hydrogen-bond donors (Lipinski definition) is 15. The van der Waals surface area contributed by atoms with Gasteiger partial charge in [0.1, 0.15) is 73.2 Å². The van der Waals surface area contributed by atoms with Gasteiger partial charge in [-0.3, -0.25) is 28.9 Å². The minimum absolute atomic E-state index is 0.221. The van der Waals surface area contributed by atoms with Crippen molar-refractivity contribution in [1.29, 1.82) is 0 Å². The molecule has 0 aromatic carbocycles. The van der Waals surface area contributed by atoms with Crippen LogP contribution in [0.5, 0.6) is 0 Å². The maximum absolute atomic E-state index is 13.9. The van der Waals surface area contributed by atoms with Crippen LogP contribution >= 0.6 is 0 Å². The SMILES string of the molecule is O=C(CN(CC(=O)NCCO[C@@H]1O[C@H](CO)[C@@H](O)[C@H](O)[C@H]1O)[C@@H](CCC(=O)ON1C(=O)CCC1=O)C(=O)NCCO[C@@H]1O[C@H](CO)[C@@H](O)[C@H](O)[C@H]1O)NCCO[C@@H]1O[C@H](CO)[C@@H](O)[C@H](O)[C@H]1O. The fourth-order valence-electron chi connectivity index (χ4n) is 7.11. The Balaban J connectivity index is 1.46. The van der Waals surface area contributed by atoms with Crippen LogP contribution in [0, 0.1) is 0 Å². The van der Waals surface area contributed by atoms with Gasteiger partial charge in [0, 0.05) is 38.9 Å². The predicted molar refractivity (Wildman–Crippen MR) is 210 cm³/mol. The number of aliphatic hydroxyl groups is 12. The van der Waals surface area contributed by atoms with Crippen molar-refractivity contribution in [1.82, 2.24) is 25.9 Å². The highest BCUT2D eigenvalue weighted by atomic mass is 16.7. The highest BCUT2D eigenvalue weighted by Crippen LogP contribution is 2.24. The van der Waals surface area contributed by atoms with E-state index in [-0.39, 0.29) is 50.8 Å². The number of hydrogen-bond acceptors (Lipinski definition) is 26. The van der Waals surface area contributed by atoms with Crippen LogP contribution in [0.15, 0.2) is 0 Å². The third kappa shape index (κ3) is 15.4. The van der Waals surface area contributed by atoms with E-state index in [1.165, 1.54) is 0 Å². The zero-order valence-electron chi connectivity index (χ0n) is 35.9. The zero-order valence-corrected chi connectivity index (χ0v) is 35.9. The molecule has 4 fully saturated rings. The van der Waals surface area contributed by atoms with Gasteiger partial charge in [0.2, 0.25) is 17.7 Å². The topological polar surface area (TPSA) is 452 Å². The number of imide groups is 1. The molecule has 4 heterocycles. The van der Waals surface area contributed by atoms with Crippen LogP contribution < -0.4 is 16.0 Å². The number of carbonyl (C=O) groups excluding carboxylic acids is 6. The van der Waals surface area contributed by atoms with Gasteiger partial charge in [0.05, 0.1) is 58.8 Å². The summed E-state index contributed by atoms with van der Waals surface area (Å²) in [6.07, 6.45) is -25.7. The molecule has 16 atom stereocenters. The third-order valence-corrected chi connectivity index (χ3v) is 10.9. The van der Waals surface area contributed by atoms with E-state index in [2.05, 4.69) is 16.0 Å². The van der Waals surface area contributed by atoms with Gasteiger partial charge >= 0.3 is 5.97 Å². The molecule has 0 aliphatic carbocycles. The standard InChI is InChI=1S/C37H61N5O25/c43-13-17-25(51)28(54)31(57)35(64-17)61-8-5-38-20(46)11-41(12-21(47)39-6-9-62-36-32(58)29(55)26(52)18(14-44)65-36)16(1-4-24(50)67-42-22(48)2-3-23(42)49)34(60)40-7-10-63-37-33(59)30(56)27(53)19(15-45)66-37/h16-19,25-33,35-37,43-45,51-59H,1-15H2,(H,38,46)(H,39,47)(H,40,60)/t16-,17+,18+,19+,25+,26+,27+,28-,29-,30-,31+,32+,33+,35+,36+,37+/m0/s1. The van der Waals surface area contributed by atoms with Crippen LogP contribution in [0.2, 0.25) is 0 Å². The first-order valence-corrected chi connectivity index (χ1v) is 21.2. The van der Waals surface area contributed by atoms with Crippen LogP contribution in [0.1, 0.15) is 25.7 Å². The van der Waals surface area contributed by atoms with Crippen molar-refractivity contribution >= 4 is 35.5 Å². The van der Waals surface area contributed by atoms with E-state index in [0.29, 0.717) is 0 Å². The summed E-state index contributed by atoms with van der Waals surface area (Å²) in [6.45, 7) is -6.00. The summed E-state index contributed by atoms with van der Waals surface area (Å²) in [7, 11) is 0. The van der Waals surface area contributed by atoms with Gasteiger partial charge in [-0.2, -0.15) is 0 Å². The van der Waals surface area contributed by atoms with E-state index in [4.69, 9.17) is 33.3 Å². The fourth-order valence-corrected chi connectivity index (χ4v) is 7.11. The summed E-state index contributed by atoms with van der Waals surface area (Å²) in [5, 5.41) is 127. The molecule has 30 heteroatoms. The van der Waals surface area contributed by atoms with Crippen molar-refractivity contribution in [3.63, 3.8) is 0 Å². The van der Waals surface area contributed by atoms with Crippen molar-refractivity contribution in [3.05, 3.63) is 0 Å². The van der Waals surface area contributed by atoms with Crippen LogP contribution in [0.25, 0.3) is 0 Å². The van der Waals surface area contributed by atoms with Crippen molar-refractivity contribution in [2.45, 2.75) is 124 Å². The number of carbonyl (C=O) groups is 6. The van der Waals surface area contributed by atoms with Crippen LogP contribution in [-0.4, -0.2) is 277 Å². The number of nitrogens with one attached hydrogen (secondary N) is 3. The number of aliphatic hydroxyl groups excluding tert-OH is 12. The molecular formula is C37H61N5O25. The molecule has 0 aromatic heterocycles. The van der Waals surface area contributed by atoms with Gasteiger partial charge in [-0.1, -0.05) is 0 Å². The highest BCUT2D eigenvalue weighted by Gasteiger charge is 2.46. The first-order valence-electron chi connectivity index (χ1n) is 21.2. The summed E-state index contributed by atoms with van der Waals surface area (Å²) in [4.78, 5) is 83.7. The lowest BCUT2D eigenvalue weighted by atomic mass is 9.99. The number of nitrogens with zero attached hydrogens (tertiary/aromatic N) is 2. The normalized spacial score (nSPS) is 33.9. The molecule has 15 N–H and O–H groups in total. The summed E-state index contributed by atoms with van der Waals surface area (Å²) >= 11 is 0. The molecule has 30 nitrogen and oxygen atoms in total. The van der Waals surface area contributed by atoms with E-state index in [0.717, 1.165) is 4.90 Å². The number of amides is 5. The summed E-state index contributed by atoms with van der Waals surface area (Å²) in [5.74, 6) is -5.43.